The molecule has 0 unspecified atom stereocenters. The van der Waals surface area contributed by atoms with Gasteiger partial charge in [0.05, 0.1) is 33.1 Å². The van der Waals surface area contributed by atoms with Gasteiger partial charge < -0.3 is 9.13 Å². The molecule has 0 aliphatic rings. The molecule has 6 heteroatoms. The number of benzene rings is 9. The van der Waals surface area contributed by atoms with E-state index in [0.717, 1.165) is 71.8 Å². The minimum atomic E-state index is 0.563. The molecule has 0 saturated carbocycles. The molecule has 0 saturated heterocycles. The van der Waals surface area contributed by atoms with Crippen molar-refractivity contribution >= 4 is 65.4 Å². The Morgan fingerprint density at radius 3 is 1.24 bits per heavy atom. The number of rotatable bonds is 6. The van der Waals surface area contributed by atoms with Crippen molar-refractivity contribution in [3.05, 3.63) is 218 Å². The molecule has 13 rings (SSSR count). The quantitative estimate of drug-likeness (QED) is 0.168. The molecule has 9 aromatic carbocycles. The van der Waals surface area contributed by atoms with Gasteiger partial charge in [-0.05, 0) is 71.8 Å². The zero-order valence-corrected chi connectivity index (χ0v) is 34.0. The topological polar surface area (TPSA) is 53.5 Å². The van der Waals surface area contributed by atoms with Crippen molar-refractivity contribution in [3.8, 4) is 51.2 Å². The second kappa shape index (κ2) is 14.0. The van der Waals surface area contributed by atoms with E-state index in [4.69, 9.17) is 15.0 Å². The Morgan fingerprint density at radius 2 is 0.635 bits per heavy atom. The third-order valence-electron chi connectivity index (χ3n) is 12.5. The molecule has 13 aromatic rings. The molecule has 4 aromatic heterocycles. The van der Waals surface area contributed by atoms with Gasteiger partial charge in [0.1, 0.15) is 0 Å². The van der Waals surface area contributed by atoms with Crippen molar-refractivity contribution in [2.45, 2.75) is 0 Å². The summed E-state index contributed by atoms with van der Waals surface area (Å²) in [5.41, 5.74) is 13.0. The Morgan fingerprint density at radius 1 is 0.238 bits per heavy atom. The van der Waals surface area contributed by atoms with E-state index in [2.05, 4.69) is 214 Å². The first-order chi connectivity index (χ1) is 31.2. The smallest absolute Gasteiger partial charge is 0.238 e. The van der Waals surface area contributed by atoms with Crippen LogP contribution in [0.15, 0.2) is 218 Å². The number of fused-ring (bicyclic) bond motifs is 9. The summed E-state index contributed by atoms with van der Waals surface area (Å²) in [7, 11) is 0. The van der Waals surface area contributed by atoms with E-state index in [0.29, 0.717) is 17.6 Å². The summed E-state index contributed by atoms with van der Waals surface area (Å²) in [4.78, 5) is 15.9. The highest BCUT2D eigenvalue weighted by Crippen LogP contribution is 2.40. The molecule has 0 N–H and O–H groups in total. The molecule has 0 aliphatic heterocycles. The highest BCUT2D eigenvalue weighted by Gasteiger charge is 2.22. The van der Waals surface area contributed by atoms with Crippen LogP contribution in [0.4, 0.5) is 0 Å². The fourth-order valence-corrected chi connectivity index (χ4v) is 9.63. The molecular formula is C57H36N6. The first-order valence-corrected chi connectivity index (χ1v) is 21.3. The van der Waals surface area contributed by atoms with Crippen LogP contribution in [-0.2, 0) is 0 Å². The van der Waals surface area contributed by atoms with Gasteiger partial charge >= 0.3 is 0 Å². The molecule has 0 aliphatic carbocycles. The van der Waals surface area contributed by atoms with Crippen molar-refractivity contribution < 1.29 is 0 Å². The third kappa shape index (κ3) is 5.55. The van der Waals surface area contributed by atoms with Gasteiger partial charge in [0, 0.05) is 54.8 Å². The lowest BCUT2D eigenvalue weighted by Crippen LogP contribution is -2.06. The number of hydrogen-bond acceptors (Lipinski definition) is 3. The van der Waals surface area contributed by atoms with E-state index in [1.165, 1.54) is 27.3 Å². The van der Waals surface area contributed by atoms with Crippen molar-refractivity contribution in [2.24, 2.45) is 0 Å². The second-order valence-electron chi connectivity index (χ2n) is 16.1. The summed E-state index contributed by atoms with van der Waals surface area (Å²) >= 11 is 0. The largest absolute Gasteiger partial charge is 0.309 e. The Kier molecular flexibility index (Phi) is 7.80. The van der Waals surface area contributed by atoms with Crippen LogP contribution in [0.1, 0.15) is 0 Å². The predicted molar refractivity (Wildman–Crippen MR) is 259 cm³/mol. The first-order valence-electron chi connectivity index (χ1n) is 21.3. The summed E-state index contributed by atoms with van der Waals surface area (Å²) in [6.07, 6.45) is 0. The highest BCUT2D eigenvalue weighted by atomic mass is 15.2. The molecule has 294 valence electrons. The van der Waals surface area contributed by atoms with E-state index in [1.807, 2.05) is 18.2 Å². The summed E-state index contributed by atoms with van der Waals surface area (Å²) in [6, 6.07) is 77.4. The molecule has 0 spiro atoms. The average molecular weight is 805 g/mol. The Bertz CT molecular complexity index is 3880. The summed E-state index contributed by atoms with van der Waals surface area (Å²) in [6.45, 7) is 0. The number of para-hydroxylation sites is 4. The monoisotopic (exact) mass is 804 g/mol. The molecule has 4 heterocycles. The van der Waals surface area contributed by atoms with Crippen LogP contribution >= 0.6 is 0 Å². The van der Waals surface area contributed by atoms with Crippen LogP contribution in [0.3, 0.4) is 0 Å². The van der Waals surface area contributed by atoms with E-state index in [-0.39, 0.29) is 0 Å². The van der Waals surface area contributed by atoms with Crippen LogP contribution in [0, 0.1) is 0 Å². The number of nitrogens with zero attached hydrogens (tertiary/aromatic N) is 6. The Balaban J connectivity index is 1.05. The lowest BCUT2D eigenvalue weighted by Gasteiger charge is -2.12. The van der Waals surface area contributed by atoms with E-state index >= 15 is 0 Å². The maximum absolute atomic E-state index is 5.39. The number of aromatic nitrogens is 6. The van der Waals surface area contributed by atoms with Gasteiger partial charge in [0.25, 0.3) is 0 Å². The van der Waals surface area contributed by atoms with Gasteiger partial charge in [-0.1, -0.05) is 158 Å². The van der Waals surface area contributed by atoms with Crippen LogP contribution in [0.5, 0.6) is 0 Å². The normalized spacial score (nSPS) is 11.8. The SMILES string of the molecule is c1ccc(-c2ccc(-n3c4ccccc4c4cc5c(cc43)c3ccccc3n5-c3nc(-c4ccccc4)nc(-c4ccc5c6ccccc6n(-c6ccccc6)c5c4)n3)cc2)cc1. The standard InChI is InChI=1S/C57H36N6/c1-4-16-37(17-5-1)38-28-31-42(32-29-38)62-50-26-14-11-23-44(50)47-36-54-48(35-53(47)62)45-24-12-15-27-51(45)63(54)57-59-55(39-18-6-2-7-19-39)58-56(60-57)40-30-33-46-43-22-10-13-25-49(43)61(52(46)34-40)41-20-8-3-9-21-41/h1-36H. The van der Waals surface area contributed by atoms with E-state index in [9.17, 15) is 0 Å². The van der Waals surface area contributed by atoms with Crippen molar-refractivity contribution in [1.82, 2.24) is 28.7 Å². The zero-order valence-electron chi connectivity index (χ0n) is 34.0. The zero-order chi connectivity index (χ0) is 41.4. The predicted octanol–water partition coefficient (Wildman–Crippen LogP) is 14.2. The first kappa shape index (κ1) is 35.2. The number of hydrogen-bond donors (Lipinski definition) is 0. The molecule has 0 bridgehead atoms. The second-order valence-corrected chi connectivity index (χ2v) is 16.1. The van der Waals surface area contributed by atoms with Crippen molar-refractivity contribution in [1.29, 1.82) is 0 Å². The summed E-state index contributed by atoms with van der Waals surface area (Å²) < 4.78 is 6.95. The summed E-state index contributed by atoms with van der Waals surface area (Å²) in [5.74, 6) is 1.78. The van der Waals surface area contributed by atoms with Gasteiger partial charge in [0.2, 0.25) is 5.95 Å². The molecule has 0 atom stereocenters. The van der Waals surface area contributed by atoms with Gasteiger partial charge in [0.15, 0.2) is 11.6 Å². The maximum Gasteiger partial charge on any atom is 0.238 e. The lowest BCUT2D eigenvalue weighted by molar-refractivity contribution is 0.954. The molecule has 6 nitrogen and oxygen atoms in total. The van der Waals surface area contributed by atoms with E-state index in [1.54, 1.807) is 0 Å². The van der Waals surface area contributed by atoms with Gasteiger partial charge in [-0.25, -0.2) is 4.98 Å². The minimum Gasteiger partial charge on any atom is -0.309 e. The minimum absolute atomic E-state index is 0.563. The molecule has 0 fully saturated rings. The van der Waals surface area contributed by atoms with Crippen LogP contribution in [0.2, 0.25) is 0 Å². The molecule has 0 radical (unpaired) electrons. The average Bonchev–Trinajstić information content (AvgIpc) is 3.99. The molecule has 0 amide bonds. The van der Waals surface area contributed by atoms with Gasteiger partial charge in [-0.15, -0.1) is 0 Å². The third-order valence-corrected chi connectivity index (χ3v) is 12.5. The molecular weight excluding hydrogens is 769 g/mol. The van der Waals surface area contributed by atoms with Crippen molar-refractivity contribution in [3.63, 3.8) is 0 Å². The van der Waals surface area contributed by atoms with Crippen LogP contribution in [-0.4, -0.2) is 28.7 Å². The van der Waals surface area contributed by atoms with Crippen LogP contribution < -0.4 is 0 Å². The summed E-state index contributed by atoms with van der Waals surface area (Å²) in [5, 5.41) is 6.97. The molecule has 63 heavy (non-hydrogen) atoms. The Hall–Kier alpha value is -8.61. The van der Waals surface area contributed by atoms with E-state index < -0.39 is 0 Å². The fraction of sp³-hybridized carbons (Fsp3) is 0. The fourth-order valence-electron chi connectivity index (χ4n) is 9.63. The van der Waals surface area contributed by atoms with Gasteiger partial charge in [-0.2, -0.15) is 9.97 Å². The highest BCUT2D eigenvalue weighted by molar-refractivity contribution is 6.19. The van der Waals surface area contributed by atoms with Gasteiger partial charge in [-0.3, -0.25) is 4.57 Å². The van der Waals surface area contributed by atoms with Crippen molar-refractivity contribution in [2.75, 3.05) is 0 Å². The maximum atomic E-state index is 5.39. The van der Waals surface area contributed by atoms with Crippen LogP contribution in [0.25, 0.3) is 117 Å². The Labute approximate surface area is 362 Å². The lowest BCUT2D eigenvalue weighted by atomic mass is 10.1.